The number of aromatic nitrogens is 2. The first kappa shape index (κ1) is 14.7. The summed E-state index contributed by atoms with van der Waals surface area (Å²) in [5, 5.41) is 0. The molecule has 6 heteroatoms. The highest BCUT2D eigenvalue weighted by molar-refractivity contribution is 5.41. The lowest BCUT2D eigenvalue weighted by Crippen LogP contribution is -2.43. The van der Waals surface area contributed by atoms with E-state index in [0.717, 1.165) is 63.3 Å². The maximum Gasteiger partial charge on any atom is 0.132 e. The van der Waals surface area contributed by atoms with Gasteiger partial charge in [-0.2, -0.15) is 0 Å². The maximum absolute atomic E-state index is 5.42. The van der Waals surface area contributed by atoms with Crippen LogP contribution in [0.3, 0.4) is 0 Å². The largest absolute Gasteiger partial charge is 0.383 e. The molecule has 1 aromatic heterocycles. The van der Waals surface area contributed by atoms with Crippen molar-refractivity contribution in [2.75, 3.05) is 58.0 Å². The number of anilines is 1. The number of likely N-dealkylation sites (tertiary alicyclic amines) is 1. The van der Waals surface area contributed by atoms with E-state index >= 15 is 0 Å². The predicted molar refractivity (Wildman–Crippen MR) is 80.6 cm³/mol. The normalized spacial score (nSPS) is 23.1. The highest BCUT2D eigenvalue weighted by Gasteiger charge is 2.31. The van der Waals surface area contributed by atoms with E-state index in [4.69, 9.17) is 9.47 Å². The van der Waals surface area contributed by atoms with Gasteiger partial charge in [0.2, 0.25) is 0 Å². The lowest BCUT2D eigenvalue weighted by Gasteiger charge is -2.40. The number of aryl methyl sites for hydroxylation is 1. The van der Waals surface area contributed by atoms with Crippen LogP contribution in [0, 0.1) is 6.92 Å². The van der Waals surface area contributed by atoms with Gasteiger partial charge in [-0.15, -0.1) is 0 Å². The average Bonchev–Trinajstić information content (AvgIpc) is 2.47. The SMILES string of the molecule is COCCN1CCC1c1cc(N2CCOCC2)nc(C)n1. The molecule has 0 amide bonds. The van der Waals surface area contributed by atoms with E-state index in [0.29, 0.717) is 6.04 Å². The Hall–Kier alpha value is -1.24. The van der Waals surface area contributed by atoms with Crippen molar-refractivity contribution in [2.24, 2.45) is 0 Å². The second-order valence-corrected chi connectivity index (χ2v) is 5.63. The van der Waals surface area contributed by atoms with Gasteiger partial charge in [0.25, 0.3) is 0 Å². The molecule has 1 aromatic rings. The third-order valence-electron chi connectivity index (χ3n) is 4.23. The van der Waals surface area contributed by atoms with Crippen molar-refractivity contribution < 1.29 is 9.47 Å². The Morgan fingerprint density at radius 2 is 2.10 bits per heavy atom. The van der Waals surface area contributed by atoms with Crippen molar-refractivity contribution in [2.45, 2.75) is 19.4 Å². The van der Waals surface area contributed by atoms with E-state index in [9.17, 15) is 0 Å². The van der Waals surface area contributed by atoms with Crippen LogP contribution in [0.25, 0.3) is 0 Å². The topological polar surface area (TPSA) is 50.7 Å². The van der Waals surface area contributed by atoms with Gasteiger partial charge in [0, 0.05) is 39.4 Å². The van der Waals surface area contributed by atoms with E-state index in [1.54, 1.807) is 7.11 Å². The number of hydrogen-bond donors (Lipinski definition) is 0. The van der Waals surface area contributed by atoms with Crippen LogP contribution in [-0.2, 0) is 9.47 Å². The first-order valence-electron chi connectivity index (χ1n) is 7.69. The van der Waals surface area contributed by atoms with Gasteiger partial charge in [-0.1, -0.05) is 0 Å². The molecule has 1 atom stereocenters. The van der Waals surface area contributed by atoms with Crippen LogP contribution in [0.15, 0.2) is 6.07 Å². The molecule has 0 saturated carbocycles. The van der Waals surface area contributed by atoms with Gasteiger partial charge in [0.05, 0.1) is 31.6 Å². The number of morpholine rings is 1. The Labute approximate surface area is 126 Å². The number of rotatable bonds is 5. The van der Waals surface area contributed by atoms with Gasteiger partial charge in [-0.25, -0.2) is 9.97 Å². The Balaban J connectivity index is 1.74. The monoisotopic (exact) mass is 292 g/mol. The lowest BCUT2D eigenvalue weighted by atomic mass is 9.99. The molecule has 2 aliphatic rings. The summed E-state index contributed by atoms with van der Waals surface area (Å²) in [7, 11) is 1.75. The molecule has 2 fully saturated rings. The number of hydrogen-bond acceptors (Lipinski definition) is 6. The fourth-order valence-corrected chi connectivity index (χ4v) is 2.95. The predicted octanol–water partition coefficient (Wildman–Crippen LogP) is 1.01. The molecule has 0 N–H and O–H groups in total. The summed E-state index contributed by atoms with van der Waals surface area (Å²) in [6.07, 6.45) is 1.17. The summed E-state index contributed by atoms with van der Waals surface area (Å²) >= 11 is 0. The molecule has 6 nitrogen and oxygen atoms in total. The second kappa shape index (κ2) is 6.68. The first-order valence-corrected chi connectivity index (χ1v) is 7.69. The van der Waals surface area contributed by atoms with E-state index in [1.807, 2.05) is 6.92 Å². The fourth-order valence-electron chi connectivity index (χ4n) is 2.95. The van der Waals surface area contributed by atoms with Crippen molar-refractivity contribution in [1.82, 2.24) is 14.9 Å². The summed E-state index contributed by atoms with van der Waals surface area (Å²) in [6, 6.07) is 2.57. The Bertz CT molecular complexity index is 477. The first-order chi connectivity index (χ1) is 10.3. The van der Waals surface area contributed by atoms with Crippen molar-refractivity contribution in [1.29, 1.82) is 0 Å². The Kier molecular flexibility index (Phi) is 4.67. The molecule has 3 heterocycles. The van der Waals surface area contributed by atoms with Crippen LogP contribution in [0.5, 0.6) is 0 Å². The van der Waals surface area contributed by atoms with E-state index in [1.165, 1.54) is 6.42 Å². The molecule has 2 aliphatic heterocycles. The highest BCUT2D eigenvalue weighted by atomic mass is 16.5. The van der Waals surface area contributed by atoms with Crippen LogP contribution in [0.4, 0.5) is 5.82 Å². The molecule has 1 unspecified atom stereocenters. The molecule has 3 rings (SSSR count). The molecular formula is C15H24N4O2. The van der Waals surface area contributed by atoms with Crippen molar-refractivity contribution in [3.8, 4) is 0 Å². The maximum atomic E-state index is 5.42. The number of nitrogens with zero attached hydrogens (tertiary/aromatic N) is 4. The van der Waals surface area contributed by atoms with Crippen molar-refractivity contribution in [3.63, 3.8) is 0 Å². The molecule has 0 bridgehead atoms. The van der Waals surface area contributed by atoms with E-state index < -0.39 is 0 Å². The zero-order chi connectivity index (χ0) is 14.7. The van der Waals surface area contributed by atoms with Gasteiger partial charge in [0.1, 0.15) is 11.6 Å². The third-order valence-corrected chi connectivity index (χ3v) is 4.23. The molecule has 0 aliphatic carbocycles. The number of ether oxygens (including phenoxy) is 2. The lowest BCUT2D eigenvalue weighted by molar-refractivity contribution is 0.0528. The van der Waals surface area contributed by atoms with Crippen LogP contribution in [0.1, 0.15) is 24.0 Å². The minimum atomic E-state index is 0.418. The van der Waals surface area contributed by atoms with Crippen LogP contribution >= 0.6 is 0 Å². The van der Waals surface area contributed by atoms with Crippen molar-refractivity contribution >= 4 is 5.82 Å². The summed E-state index contributed by atoms with van der Waals surface area (Å²) in [6.45, 7) is 8.23. The molecule has 2 saturated heterocycles. The summed E-state index contributed by atoms with van der Waals surface area (Å²) < 4.78 is 10.6. The minimum Gasteiger partial charge on any atom is -0.383 e. The van der Waals surface area contributed by atoms with Gasteiger partial charge in [0.15, 0.2) is 0 Å². The zero-order valence-electron chi connectivity index (χ0n) is 12.9. The highest BCUT2D eigenvalue weighted by Crippen LogP contribution is 2.33. The van der Waals surface area contributed by atoms with Crippen molar-refractivity contribution in [3.05, 3.63) is 17.6 Å². The van der Waals surface area contributed by atoms with Gasteiger partial charge < -0.3 is 14.4 Å². The zero-order valence-corrected chi connectivity index (χ0v) is 12.9. The third kappa shape index (κ3) is 3.33. The van der Waals surface area contributed by atoms with E-state index in [-0.39, 0.29) is 0 Å². The van der Waals surface area contributed by atoms with Crippen LogP contribution in [-0.4, -0.2) is 68.0 Å². The number of methoxy groups -OCH3 is 1. The average molecular weight is 292 g/mol. The fraction of sp³-hybridized carbons (Fsp3) is 0.733. The molecule has 0 aromatic carbocycles. The molecular weight excluding hydrogens is 268 g/mol. The van der Waals surface area contributed by atoms with Gasteiger partial charge in [-0.05, 0) is 13.3 Å². The standard InChI is InChI=1S/C15H24N4O2/c1-12-16-13(14-3-4-18(14)5-8-20-2)11-15(17-12)19-6-9-21-10-7-19/h11,14H,3-10H2,1-2H3. The summed E-state index contributed by atoms with van der Waals surface area (Å²) in [4.78, 5) is 14.0. The molecule has 116 valence electrons. The summed E-state index contributed by atoms with van der Waals surface area (Å²) in [5.41, 5.74) is 1.14. The molecule has 21 heavy (non-hydrogen) atoms. The van der Waals surface area contributed by atoms with Crippen LogP contribution < -0.4 is 4.90 Å². The molecule has 0 spiro atoms. The Morgan fingerprint density at radius 3 is 2.76 bits per heavy atom. The Morgan fingerprint density at radius 1 is 1.29 bits per heavy atom. The molecule has 0 radical (unpaired) electrons. The van der Waals surface area contributed by atoms with Gasteiger partial charge >= 0.3 is 0 Å². The minimum absolute atomic E-state index is 0.418. The summed E-state index contributed by atoms with van der Waals surface area (Å²) in [5.74, 6) is 1.90. The second-order valence-electron chi connectivity index (χ2n) is 5.63. The van der Waals surface area contributed by atoms with Crippen LogP contribution in [0.2, 0.25) is 0 Å². The van der Waals surface area contributed by atoms with E-state index in [2.05, 4.69) is 25.8 Å². The smallest absolute Gasteiger partial charge is 0.132 e. The van der Waals surface area contributed by atoms with Gasteiger partial charge in [-0.3, -0.25) is 4.90 Å². The quantitative estimate of drug-likeness (QED) is 0.807.